The molecule has 1 aromatic heterocycles. The molecule has 0 bridgehead atoms. The fraction of sp³-hybridized carbons (Fsp3) is 0.385. The van der Waals surface area contributed by atoms with Crippen LogP contribution in [0.3, 0.4) is 0 Å². The highest BCUT2D eigenvalue weighted by atomic mass is 16.6. The molecule has 0 N–H and O–H groups in total. The van der Waals surface area contributed by atoms with Gasteiger partial charge in [-0.05, 0) is 18.4 Å². The van der Waals surface area contributed by atoms with E-state index in [-0.39, 0.29) is 10.6 Å². The highest BCUT2D eigenvalue weighted by molar-refractivity contribution is 5.71. The molecule has 0 amide bonds. The molecule has 0 saturated carbocycles. The van der Waals surface area contributed by atoms with Gasteiger partial charge in [0.05, 0.1) is 10.5 Å². The van der Waals surface area contributed by atoms with Gasteiger partial charge in [-0.15, -0.1) is 10.2 Å². The fourth-order valence-electron chi connectivity index (χ4n) is 2.07. The van der Waals surface area contributed by atoms with Crippen LogP contribution < -0.4 is 0 Å². The van der Waals surface area contributed by atoms with Gasteiger partial charge in [0.2, 0.25) is 0 Å². The lowest BCUT2D eigenvalue weighted by atomic mass is 10.1. The van der Waals surface area contributed by atoms with Crippen LogP contribution >= 0.6 is 0 Å². The molecule has 0 spiro atoms. The quantitative estimate of drug-likeness (QED) is 0.625. The summed E-state index contributed by atoms with van der Waals surface area (Å²) >= 11 is 0. The third-order valence-corrected chi connectivity index (χ3v) is 2.85. The Morgan fingerprint density at radius 2 is 2.16 bits per heavy atom. The van der Waals surface area contributed by atoms with Crippen molar-refractivity contribution in [1.82, 2.24) is 14.8 Å². The van der Waals surface area contributed by atoms with Crippen LogP contribution in [0, 0.1) is 23.0 Å². The average molecular weight is 260 g/mol. The minimum absolute atomic E-state index is 0.0676. The molecule has 1 aromatic carbocycles. The zero-order valence-electron chi connectivity index (χ0n) is 11.2. The maximum atomic E-state index is 11.2. The van der Waals surface area contributed by atoms with Gasteiger partial charge in [-0.2, -0.15) is 0 Å². The summed E-state index contributed by atoms with van der Waals surface area (Å²) in [5, 5.41) is 19.1. The molecule has 6 nitrogen and oxygen atoms in total. The van der Waals surface area contributed by atoms with Gasteiger partial charge < -0.3 is 4.57 Å². The molecule has 100 valence electrons. The van der Waals surface area contributed by atoms with E-state index >= 15 is 0 Å². The second kappa shape index (κ2) is 5.17. The summed E-state index contributed by atoms with van der Waals surface area (Å²) in [6, 6.07) is 5.02. The average Bonchev–Trinajstić information content (AvgIpc) is 2.75. The first-order valence-electron chi connectivity index (χ1n) is 6.13. The summed E-state index contributed by atoms with van der Waals surface area (Å²) in [5.74, 6) is 0.969. The van der Waals surface area contributed by atoms with Crippen molar-refractivity contribution in [1.29, 1.82) is 0 Å². The molecule has 2 aromatic rings. The van der Waals surface area contributed by atoms with E-state index in [2.05, 4.69) is 24.0 Å². The predicted molar refractivity (Wildman–Crippen MR) is 71.7 cm³/mol. The minimum atomic E-state index is -0.378. The van der Waals surface area contributed by atoms with Crippen molar-refractivity contribution in [2.75, 3.05) is 0 Å². The zero-order chi connectivity index (χ0) is 14.0. The van der Waals surface area contributed by atoms with Crippen molar-refractivity contribution >= 4 is 5.69 Å². The highest BCUT2D eigenvalue weighted by Crippen LogP contribution is 2.31. The first-order valence-corrected chi connectivity index (χ1v) is 6.13. The van der Waals surface area contributed by atoms with Crippen LogP contribution in [0.1, 0.15) is 19.4 Å². The summed E-state index contributed by atoms with van der Waals surface area (Å²) in [7, 11) is 0. The topological polar surface area (TPSA) is 73.8 Å². The van der Waals surface area contributed by atoms with Gasteiger partial charge >= 0.3 is 0 Å². The van der Waals surface area contributed by atoms with Crippen molar-refractivity contribution in [3.05, 3.63) is 40.2 Å². The van der Waals surface area contributed by atoms with E-state index < -0.39 is 0 Å². The Labute approximate surface area is 111 Å². The lowest BCUT2D eigenvalue weighted by Crippen LogP contribution is -2.07. The standard InChI is InChI=1S/C13H16N4O2/c1-9(2)7-16-8-14-15-13(16)12-10(3)5-4-6-11(12)17(18)19/h4-6,8-9H,7H2,1-3H3. The first kappa shape index (κ1) is 13.2. The lowest BCUT2D eigenvalue weighted by Gasteiger charge is -2.10. The van der Waals surface area contributed by atoms with Gasteiger partial charge in [0, 0.05) is 12.6 Å². The van der Waals surface area contributed by atoms with Gasteiger partial charge in [0.25, 0.3) is 5.69 Å². The summed E-state index contributed by atoms with van der Waals surface area (Å²) in [6.45, 7) is 6.73. The third-order valence-electron chi connectivity index (χ3n) is 2.85. The lowest BCUT2D eigenvalue weighted by molar-refractivity contribution is -0.384. The Balaban J connectivity index is 2.59. The molecule has 6 heteroatoms. The Bertz CT molecular complexity index is 604. The van der Waals surface area contributed by atoms with E-state index in [4.69, 9.17) is 0 Å². The summed E-state index contributed by atoms with van der Waals surface area (Å²) < 4.78 is 1.86. The Morgan fingerprint density at radius 1 is 1.42 bits per heavy atom. The van der Waals surface area contributed by atoms with E-state index in [0.717, 1.165) is 12.1 Å². The molecule has 19 heavy (non-hydrogen) atoms. The molecule has 0 atom stereocenters. The maximum Gasteiger partial charge on any atom is 0.280 e. The van der Waals surface area contributed by atoms with Crippen LogP contribution in [0.2, 0.25) is 0 Å². The highest BCUT2D eigenvalue weighted by Gasteiger charge is 2.21. The number of nitro benzene ring substituents is 1. The fourth-order valence-corrected chi connectivity index (χ4v) is 2.07. The van der Waals surface area contributed by atoms with E-state index in [1.165, 1.54) is 6.07 Å². The molecule has 2 rings (SSSR count). The van der Waals surface area contributed by atoms with Crippen LogP contribution in [0.5, 0.6) is 0 Å². The smallest absolute Gasteiger partial charge is 0.280 e. The number of benzene rings is 1. The number of nitrogens with zero attached hydrogens (tertiary/aromatic N) is 4. The van der Waals surface area contributed by atoms with Crippen LogP contribution in [0.25, 0.3) is 11.4 Å². The zero-order valence-corrected chi connectivity index (χ0v) is 11.2. The van der Waals surface area contributed by atoms with Crippen molar-refractivity contribution in [2.45, 2.75) is 27.3 Å². The van der Waals surface area contributed by atoms with E-state index in [1.54, 1.807) is 12.4 Å². The molecular weight excluding hydrogens is 244 g/mol. The van der Waals surface area contributed by atoms with Crippen molar-refractivity contribution in [2.24, 2.45) is 5.92 Å². The first-order chi connectivity index (χ1) is 9.00. The SMILES string of the molecule is Cc1cccc([N+](=O)[O-])c1-c1nncn1CC(C)C. The maximum absolute atomic E-state index is 11.2. The minimum Gasteiger partial charge on any atom is -0.313 e. The van der Waals surface area contributed by atoms with Gasteiger partial charge in [0.1, 0.15) is 6.33 Å². The molecule has 0 aliphatic heterocycles. The van der Waals surface area contributed by atoms with E-state index in [9.17, 15) is 10.1 Å². The van der Waals surface area contributed by atoms with Crippen LogP contribution in [-0.2, 0) is 6.54 Å². The number of aromatic nitrogens is 3. The third kappa shape index (κ3) is 2.62. The Kier molecular flexibility index (Phi) is 3.59. The van der Waals surface area contributed by atoms with Crippen molar-refractivity contribution in [3.8, 4) is 11.4 Å². The van der Waals surface area contributed by atoms with Crippen LogP contribution in [-0.4, -0.2) is 19.7 Å². The molecule has 1 heterocycles. The number of hydrogen-bond donors (Lipinski definition) is 0. The molecule has 0 saturated heterocycles. The van der Waals surface area contributed by atoms with Crippen molar-refractivity contribution in [3.63, 3.8) is 0 Å². The Morgan fingerprint density at radius 3 is 2.79 bits per heavy atom. The largest absolute Gasteiger partial charge is 0.313 e. The molecule has 0 radical (unpaired) electrons. The molecular formula is C13H16N4O2. The predicted octanol–water partition coefficient (Wildman–Crippen LogP) is 2.82. The van der Waals surface area contributed by atoms with Crippen LogP contribution in [0.15, 0.2) is 24.5 Å². The van der Waals surface area contributed by atoms with Gasteiger partial charge in [-0.25, -0.2) is 0 Å². The number of nitro groups is 1. The Hall–Kier alpha value is -2.24. The second-order valence-corrected chi connectivity index (χ2v) is 4.93. The summed E-state index contributed by atoms with van der Waals surface area (Å²) in [6.07, 6.45) is 1.62. The van der Waals surface area contributed by atoms with Gasteiger partial charge in [-0.1, -0.05) is 26.0 Å². The summed E-state index contributed by atoms with van der Waals surface area (Å²) in [5.41, 5.74) is 1.44. The molecule has 0 unspecified atom stereocenters. The van der Waals surface area contributed by atoms with Gasteiger partial charge in [0.15, 0.2) is 5.82 Å². The van der Waals surface area contributed by atoms with Gasteiger partial charge in [-0.3, -0.25) is 10.1 Å². The van der Waals surface area contributed by atoms with E-state index in [0.29, 0.717) is 17.3 Å². The molecule has 0 aliphatic carbocycles. The normalized spacial score (nSPS) is 10.9. The van der Waals surface area contributed by atoms with E-state index in [1.807, 2.05) is 17.6 Å². The number of rotatable bonds is 4. The second-order valence-electron chi connectivity index (χ2n) is 4.93. The monoisotopic (exact) mass is 260 g/mol. The molecule has 0 aliphatic rings. The molecule has 0 fully saturated rings. The van der Waals surface area contributed by atoms with Crippen LogP contribution in [0.4, 0.5) is 5.69 Å². The number of aryl methyl sites for hydroxylation is 1. The number of hydrogen-bond acceptors (Lipinski definition) is 4. The summed E-state index contributed by atoms with van der Waals surface area (Å²) in [4.78, 5) is 10.8. The van der Waals surface area contributed by atoms with Crippen molar-refractivity contribution < 1.29 is 4.92 Å².